The number of ether oxygens (including phenoxy) is 1. The van der Waals surface area contributed by atoms with Crippen LogP contribution in [0.25, 0.3) is 32.0 Å². The first-order valence-electron chi connectivity index (χ1n) is 8.77. The van der Waals surface area contributed by atoms with Crippen molar-refractivity contribution >= 4 is 34.5 Å². The van der Waals surface area contributed by atoms with Gasteiger partial charge in [-0.25, -0.2) is 0 Å². The van der Waals surface area contributed by atoms with E-state index in [1.165, 1.54) is 10.4 Å². The van der Waals surface area contributed by atoms with E-state index >= 15 is 0 Å². The Morgan fingerprint density at radius 1 is 0.607 bits per heavy atom. The fourth-order valence-corrected chi connectivity index (χ4v) is 4.39. The average Bonchev–Trinajstić information content (AvgIpc) is 2.76. The molecule has 3 aromatic carbocycles. The summed E-state index contributed by atoms with van der Waals surface area (Å²) in [5.41, 5.74) is 4.50. The minimum absolute atomic E-state index is 0.558. The van der Waals surface area contributed by atoms with E-state index in [-0.39, 0.29) is 0 Å². The molecule has 28 heavy (non-hydrogen) atoms. The van der Waals surface area contributed by atoms with E-state index in [1.807, 2.05) is 36.4 Å². The van der Waals surface area contributed by atoms with Gasteiger partial charge < -0.3 is 4.74 Å². The van der Waals surface area contributed by atoms with Crippen molar-refractivity contribution in [3.63, 3.8) is 0 Å². The number of rotatable bonds is 4. The monoisotopic (exact) mass is 423 g/mol. The van der Waals surface area contributed by atoms with Gasteiger partial charge in [-0.3, -0.25) is 0 Å². The highest BCUT2D eigenvalue weighted by Gasteiger charge is 2.20. The molecule has 138 valence electrons. The van der Waals surface area contributed by atoms with Crippen LogP contribution in [-0.2, 0) is 0 Å². The van der Waals surface area contributed by atoms with Crippen molar-refractivity contribution in [2.24, 2.45) is 0 Å². The highest BCUT2D eigenvalue weighted by Crippen LogP contribution is 2.39. The molecule has 0 amide bonds. The van der Waals surface area contributed by atoms with Crippen LogP contribution in [0.5, 0.6) is 5.75 Å². The first-order chi connectivity index (χ1) is 13.6. The van der Waals surface area contributed by atoms with Gasteiger partial charge in [-0.15, -0.1) is 0 Å². The van der Waals surface area contributed by atoms with Crippen molar-refractivity contribution in [2.45, 2.75) is 0 Å². The average molecular weight is 424 g/mol. The number of hydrogen-bond donors (Lipinski definition) is 0. The lowest BCUT2D eigenvalue weighted by molar-refractivity contribution is 0.415. The number of methoxy groups -OCH3 is 1. The molecule has 0 aliphatic rings. The Labute approximate surface area is 178 Å². The fourth-order valence-electron chi connectivity index (χ4n) is 2.99. The second-order valence-corrected chi connectivity index (χ2v) is 8.20. The molecule has 4 heteroatoms. The maximum Gasteiger partial charge on any atom is 0.239 e. The molecular formula is C24H17Cl2OS+. The number of benzene rings is 3. The highest BCUT2D eigenvalue weighted by molar-refractivity contribution is 7.18. The quantitative estimate of drug-likeness (QED) is 0.299. The van der Waals surface area contributed by atoms with Crippen molar-refractivity contribution in [3.8, 4) is 37.8 Å². The maximum absolute atomic E-state index is 6.27. The van der Waals surface area contributed by atoms with E-state index in [0.29, 0.717) is 10.0 Å². The van der Waals surface area contributed by atoms with E-state index in [2.05, 4.69) is 48.5 Å². The van der Waals surface area contributed by atoms with Gasteiger partial charge in [0, 0.05) is 23.3 Å². The van der Waals surface area contributed by atoms with Crippen LogP contribution in [0.1, 0.15) is 0 Å². The standard InChI is InChI=1S/C24H17Cl2OS/c1-27-20-10-7-16(8-11-20)19-14-23(17-5-3-2-4-6-17)28-24(15-19)18-9-12-21(25)22(26)13-18/h2-15H,1H3/q+1. The predicted molar refractivity (Wildman–Crippen MR) is 122 cm³/mol. The third kappa shape index (κ3) is 4.05. The summed E-state index contributed by atoms with van der Waals surface area (Å²) in [5, 5.41) is 1.12. The van der Waals surface area contributed by atoms with Gasteiger partial charge in [0.05, 0.1) is 17.2 Å². The van der Waals surface area contributed by atoms with E-state index < -0.39 is 0 Å². The largest absolute Gasteiger partial charge is 0.497 e. The van der Waals surface area contributed by atoms with E-state index in [9.17, 15) is 0 Å². The normalized spacial score (nSPS) is 10.7. The van der Waals surface area contributed by atoms with Crippen LogP contribution in [-0.4, -0.2) is 7.11 Å². The molecule has 0 atom stereocenters. The van der Waals surface area contributed by atoms with Crippen molar-refractivity contribution < 1.29 is 4.74 Å². The molecule has 0 radical (unpaired) electrons. The van der Waals surface area contributed by atoms with Crippen molar-refractivity contribution in [3.05, 3.63) is 95.0 Å². The molecule has 1 aromatic heterocycles. The predicted octanol–water partition coefficient (Wildman–Crippen LogP) is 8.35. The summed E-state index contributed by atoms with van der Waals surface area (Å²) in [4.78, 5) is 2.32. The second-order valence-electron chi connectivity index (χ2n) is 6.30. The third-order valence-corrected chi connectivity index (χ3v) is 6.36. The van der Waals surface area contributed by atoms with Crippen LogP contribution >= 0.6 is 34.5 Å². The van der Waals surface area contributed by atoms with Gasteiger partial charge >= 0.3 is 0 Å². The van der Waals surface area contributed by atoms with Crippen molar-refractivity contribution in [1.29, 1.82) is 0 Å². The van der Waals surface area contributed by atoms with Gasteiger partial charge in [0.2, 0.25) is 21.1 Å². The van der Waals surface area contributed by atoms with E-state index in [4.69, 9.17) is 27.9 Å². The molecule has 1 heterocycles. The van der Waals surface area contributed by atoms with E-state index in [0.717, 1.165) is 27.3 Å². The molecule has 1 nitrogen and oxygen atoms in total. The Kier molecular flexibility index (Phi) is 5.63. The van der Waals surface area contributed by atoms with Gasteiger partial charge in [0.15, 0.2) is 0 Å². The Balaban J connectivity index is 1.88. The Hall–Kier alpha value is -2.39. The lowest BCUT2D eigenvalue weighted by atomic mass is 10.0. The van der Waals surface area contributed by atoms with Gasteiger partial charge in [0.1, 0.15) is 5.75 Å². The molecule has 0 spiro atoms. The first kappa shape index (κ1) is 18.9. The highest BCUT2D eigenvalue weighted by atomic mass is 35.5. The topological polar surface area (TPSA) is 9.23 Å². The van der Waals surface area contributed by atoms with E-state index in [1.54, 1.807) is 18.4 Å². The zero-order chi connectivity index (χ0) is 19.5. The Bertz CT molecular complexity index is 1110. The van der Waals surface area contributed by atoms with Crippen LogP contribution < -0.4 is 4.74 Å². The fraction of sp³-hybridized carbons (Fsp3) is 0.0417. The minimum Gasteiger partial charge on any atom is -0.497 e. The summed E-state index contributed by atoms with van der Waals surface area (Å²) in [6, 6.07) is 28.7. The van der Waals surface area contributed by atoms with Gasteiger partial charge in [0.25, 0.3) is 0 Å². The van der Waals surface area contributed by atoms with Gasteiger partial charge in [-0.1, -0.05) is 53.5 Å². The molecule has 4 rings (SSSR count). The zero-order valence-electron chi connectivity index (χ0n) is 15.2. The van der Waals surface area contributed by atoms with Gasteiger partial charge in [-0.05, 0) is 53.6 Å². The van der Waals surface area contributed by atoms with Crippen LogP contribution in [0.2, 0.25) is 10.0 Å². The molecule has 0 bridgehead atoms. The summed E-state index contributed by atoms with van der Waals surface area (Å²) in [7, 11) is 1.68. The lowest BCUT2D eigenvalue weighted by Gasteiger charge is -2.05. The van der Waals surface area contributed by atoms with Crippen LogP contribution in [0.15, 0.2) is 84.9 Å². The minimum atomic E-state index is 0.558. The molecule has 0 unspecified atom stereocenters. The molecule has 0 aliphatic carbocycles. The molecule has 0 N–H and O–H groups in total. The summed E-state index contributed by atoms with van der Waals surface area (Å²) < 4.78 is 5.29. The van der Waals surface area contributed by atoms with Crippen LogP contribution in [0.3, 0.4) is 0 Å². The third-order valence-electron chi connectivity index (χ3n) is 4.48. The Morgan fingerprint density at radius 2 is 1.25 bits per heavy atom. The van der Waals surface area contributed by atoms with Crippen molar-refractivity contribution in [1.82, 2.24) is 0 Å². The molecule has 0 aliphatic heterocycles. The molecular weight excluding hydrogens is 407 g/mol. The SMILES string of the molecule is COc1ccc(-c2cc(-c3ccccc3)[s+]c(-c3ccc(Cl)c(Cl)c3)c2)cc1. The maximum atomic E-state index is 6.27. The smallest absolute Gasteiger partial charge is 0.239 e. The summed E-state index contributed by atoms with van der Waals surface area (Å²) in [6.45, 7) is 0. The lowest BCUT2D eigenvalue weighted by Crippen LogP contribution is -1.85. The summed E-state index contributed by atoms with van der Waals surface area (Å²) in [6.07, 6.45) is 0. The number of hydrogen-bond acceptors (Lipinski definition) is 1. The van der Waals surface area contributed by atoms with Crippen LogP contribution in [0.4, 0.5) is 0 Å². The Morgan fingerprint density at radius 3 is 1.89 bits per heavy atom. The molecule has 0 saturated heterocycles. The van der Waals surface area contributed by atoms with Gasteiger partial charge in [-0.2, -0.15) is 0 Å². The molecule has 0 fully saturated rings. The zero-order valence-corrected chi connectivity index (χ0v) is 17.5. The number of halogens is 2. The second kappa shape index (κ2) is 8.32. The van der Waals surface area contributed by atoms with Crippen molar-refractivity contribution in [2.75, 3.05) is 7.11 Å². The summed E-state index contributed by atoms with van der Waals surface area (Å²) in [5.74, 6) is 0.843. The molecule has 0 saturated carbocycles. The first-order valence-corrected chi connectivity index (χ1v) is 10.3. The van der Waals surface area contributed by atoms with Crippen LogP contribution in [0, 0.1) is 0 Å². The molecule has 4 aromatic rings. The summed E-state index contributed by atoms with van der Waals surface area (Å²) >= 11 is 14.1.